The van der Waals surface area contributed by atoms with Crippen LogP contribution in [0.5, 0.6) is 0 Å². The van der Waals surface area contributed by atoms with E-state index in [1.54, 1.807) is 0 Å². The standard InChI is InChI=1S/C29H36N8S.C2H4O2/c1-20(2)26-19-36(28-32-25-11-6-5-9-22(25)27(34-28)31-15-16-35(3)4)17-18-37(26)29(38)33-24-13-7-12-23-21(24)10-8-14-30-23;1-2(3)4/h5-14,20,26H,15-19H2,1-4H3,(H,33,38)(H,31,32,34);1H3,(H,3,4). The van der Waals surface area contributed by atoms with Gasteiger partial charge in [0.15, 0.2) is 5.11 Å². The molecule has 2 aromatic carbocycles. The Bertz CT molecular complexity index is 1520. The lowest BCUT2D eigenvalue weighted by molar-refractivity contribution is -0.134. The minimum Gasteiger partial charge on any atom is -0.481 e. The zero-order valence-electron chi connectivity index (χ0n) is 24.9. The molecule has 1 fully saturated rings. The maximum absolute atomic E-state index is 9.00. The normalized spacial score (nSPS) is 15.1. The van der Waals surface area contributed by atoms with Gasteiger partial charge in [-0.15, -0.1) is 0 Å². The summed E-state index contributed by atoms with van der Waals surface area (Å²) in [6, 6.07) is 18.6. The summed E-state index contributed by atoms with van der Waals surface area (Å²) in [4.78, 5) is 30.2. The number of aliphatic carboxylic acids is 1. The fraction of sp³-hybridized carbons (Fsp3) is 0.387. The number of benzene rings is 2. The van der Waals surface area contributed by atoms with E-state index in [9.17, 15) is 0 Å². The number of thiocarbonyl (C=S) groups is 1. The van der Waals surface area contributed by atoms with Gasteiger partial charge in [-0.3, -0.25) is 9.78 Å². The Balaban J connectivity index is 0.000000952. The second-order valence-corrected chi connectivity index (χ2v) is 11.3. The van der Waals surface area contributed by atoms with Crippen molar-refractivity contribution in [3.63, 3.8) is 0 Å². The van der Waals surface area contributed by atoms with E-state index in [-0.39, 0.29) is 6.04 Å². The predicted octanol–water partition coefficient (Wildman–Crippen LogP) is 4.79. The van der Waals surface area contributed by atoms with Crippen molar-refractivity contribution in [1.82, 2.24) is 24.8 Å². The van der Waals surface area contributed by atoms with Gasteiger partial charge in [-0.2, -0.15) is 4.98 Å². The minimum absolute atomic E-state index is 0.220. The van der Waals surface area contributed by atoms with Crippen LogP contribution < -0.4 is 15.5 Å². The number of hydrogen-bond acceptors (Lipinski definition) is 8. The maximum atomic E-state index is 9.00. The van der Waals surface area contributed by atoms with Gasteiger partial charge in [-0.05, 0) is 68.6 Å². The van der Waals surface area contributed by atoms with Crippen LogP contribution in [0, 0.1) is 5.92 Å². The lowest BCUT2D eigenvalue weighted by Gasteiger charge is -2.44. The number of fused-ring (bicyclic) bond motifs is 2. The van der Waals surface area contributed by atoms with Crippen molar-refractivity contribution in [2.75, 3.05) is 62.4 Å². The Morgan fingerprint density at radius 2 is 1.76 bits per heavy atom. The average Bonchev–Trinajstić information content (AvgIpc) is 2.96. The highest BCUT2D eigenvalue weighted by Gasteiger charge is 2.32. The second kappa shape index (κ2) is 14.2. The number of para-hydroxylation sites is 1. The van der Waals surface area contributed by atoms with E-state index in [2.05, 4.69) is 82.5 Å². The smallest absolute Gasteiger partial charge is 0.300 e. The lowest BCUT2D eigenvalue weighted by Crippen LogP contribution is -2.58. The van der Waals surface area contributed by atoms with Crippen LogP contribution in [0.2, 0.25) is 0 Å². The van der Waals surface area contributed by atoms with E-state index >= 15 is 0 Å². The van der Waals surface area contributed by atoms with Crippen LogP contribution >= 0.6 is 12.2 Å². The van der Waals surface area contributed by atoms with Crippen molar-refractivity contribution in [2.45, 2.75) is 26.8 Å². The van der Waals surface area contributed by atoms with Crippen LogP contribution in [0.1, 0.15) is 20.8 Å². The van der Waals surface area contributed by atoms with Gasteiger partial charge in [0.2, 0.25) is 5.95 Å². The van der Waals surface area contributed by atoms with E-state index in [0.29, 0.717) is 5.92 Å². The van der Waals surface area contributed by atoms with Gasteiger partial charge in [0.1, 0.15) is 5.82 Å². The van der Waals surface area contributed by atoms with Crippen LogP contribution in [0.4, 0.5) is 17.5 Å². The second-order valence-electron chi connectivity index (χ2n) is 10.9. The largest absolute Gasteiger partial charge is 0.481 e. The Morgan fingerprint density at radius 1 is 1.05 bits per heavy atom. The number of anilines is 3. The van der Waals surface area contributed by atoms with Crippen LogP contribution in [-0.2, 0) is 4.79 Å². The summed E-state index contributed by atoms with van der Waals surface area (Å²) in [5, 5.41) is 17.3. The highest BCUT2D eigenvalue weighted by atomic mass is 32.1. The summed E-state index contributed by atoms with van der Waals surface area (Å²) in [5.74, 6) is 1.21. The number of aromatic nitrogens is 3. The van der Waals surface area contributed by atoms with Gasteiger partial charge < -0.3 is 30.4 Å². The molecule has 0 bridgehead atoms. The number of nitrogens with one attached hydrogen (secondary N) is 2. The Kier molecular flexibility index (Phi) is 10.4. The zero-order chi connectivity index (χ0) is 30.2. The van der Waals surface area contributed by atoms with Gasteiger partial charge in [-0.1, -0.05) is 32.0 Å². The van der Waals surface area contributed by atoms with Gasteiger partial charge in [0.05, 0.1) is 17.1 Å². The molecule has 0 amide bonds. The Hall–Kier alpha value is -4.09. The molecule has 5 rings (SSSR count). The first kappa shape index (κ1) is 30.9. The molecule has 1 saturated heterocycles. The molecule has 3 heterocycles. The molecule has 222 valence electrons. The highest BCUT2D eigenvalue weighted by Crippen LogP contribution is 2.28. The number of likely N-dealkylation sites (N-methyl/N-ethyl adjacent to an activating group) is 1. The maximum Gasteiger partial charge on any atom is 0.300 e. The zero-order valence-corrected chi connectivity index (χ0v) is 25.7. The van der Waals surface area contributed by atoms with Crippen LogP contribution in [0.15, 0.2) is 60.8 Å². The van der Waals surface area contributed by atoms with Crippen molar-refractivity contribution >= 4 is 62.6 Å². The van der Waals surface area contributed by atoms with E-state index in [1.807, 2.05) is 36.5 Å². The fourth-order valence-electron chi connectivity index (χ4n) is 4.95. The fourth-order valence-corrected chi connectivity index (χ4v) is 5.29. The number of carbonyl (C=O) groups is 1. The molecule has 3 N–H and O–H groups in total. The molecule has 10 nitrogen and oxygen atoms in total. The molecular weight excluding hydrogens is 548 g/mol. The number of carboxylic acids is 1. The molecule has 11 heteroatoms. The van der Waals surface area contributed by atoms with Crippen LogP contribution in [-0.4, -0.2) is 93.8 Å². The summed E-state index contributed by atoms with van der Waals surface area (Å²) in [6.45, 7) is 9.71. The number of nitrogens with zero attached hydrogens (tertiary/aromatic N) is 6. The average molecular weight is 589 g/mol. The number of piperazine rings is 1. The summed E-state index contributed by atoms with van der Waals surface area (Å²) >= 11 is 5.95. The molecule has 0 saturated carbocycles. The van der Waals surface area contributed by atoms with Crippen LogP contribution in [0.25, 0.3) is 21.8 Å². The molecule has 0 aliphatic carbocycles. The quantitative estimate of drug-likeness (QED) is 0.259. The van der Waals surface area contributed by atoms with E-state index in [0.717, 1.165) is 84.0 Å². The van der Waals surface area contributed by atoms with E-state index in [1.165, 1.54) is 0 Å². The van der Waals surface area contributed by atoms with Crippen LogP contribution in [0.3, 0.4) is 0 Å². The predicted molar refractivity (Wildman–Crippen MR) is 175 cm³/mol. The summed E-state index contributed by atoms with van der Waals surface area (Å²) in [6.07, 6.45) is 1.82. The highest BCUT2D eigenvalue weighted by molar-refractivity contribution is 7.80. The first-order valence-electron chi connectivity index (χ1n) is 14.1. The SMILES string of the molecule is CC(=O)O.CC(C)C1CN(c2nc(NCCN(C)C)c3ccccc3n2)CCN1C(=S)Nc1cccc2ncccc12. The molecule has 0 radical (unpaired) electrons. The monoisotopic (exact) mass is 588 g/mol. The minimum atomic E-state index is -0.833. The first-order valence-corrected chi connectivity index (χ1v) is 14.6. The van der Waals surface area contributed by atoms with Crippen molar-refractivity contribution in [2.24, 2.45) is 5.92 Å². The van der Waals surface area contributed by atoms with Crippen molar-refractivity contribution in [1.29, 1.82) is 0 Å². The number of hydrogen-bond donors (Lipinski definition) is 3. The van der Waals surface area contributed by atoms with Crippen molar-refractivity contribution < 1.29 is 9.90 Å². The lowest BCUT2D eigenvalue weighted by atomic mass is 10.00. The summed E-state index contributed by atoms with van der Waals surface area (Å²) in [7, 11) is 4.15. The Morgan fingerprint density at radius 3 is 2.50 bits per heavy atom. The van der Waals surface area contributed by atoms with E-state index < -0.39 is 5.97 Å². The summed E-state index contributed by atoms with van der Waals surface area (Å²) < 4.78 is 0. The van der Waals surface area contributed by atoms with Crippen molar-refractivity contribution in [3.8, 4) is 0 Å². The third-order valence-electron chi connectivity index (χ3n) is 7.06. The van der Waals surface area contributed by atoms with Gasteiger partial charge in [0, 0.05) is 62.3 Å². The molecule has 4 aromatic rings. The number of carboxylic acid groups (broad SMARTS) is 1. The number of pyridine rings is 1. The molecule has 2 aromatic heterocycles. The molecule has 1 aliphatic rings. The number of rotatable bonds is 7. The summed E-state index contributed by atoms with van der Waals surface area (Å²) in [5.41, 5.74) is 2.89. The molecule has 42 heavy (non-hydrogen) atoms. The molecular formula is C31H40N8O2S. The van der Waals surface area contributed by atoms with Gasteiger partial charge in [0.25, 0.3) is 5.97 Å². The third kappa shape index (κ3) is 7.80. The van der Waals surface area contributed by atoms with Crippen molar-refractivity contribution in [3.05, 3.63) is 60.8 Å². The molecule has 0 spiro atoms. The first-order chi connectivity index (χ1) is 20.1. The van der Waals surface area contributed by atoms with Gasteiger partial charge in [-0.25, -0.2) is 4.98 Å². The molecule has 1 aliphatic heterocycles. The Labute approximate surface area is 252 Å². The van der Waals surface area contributed by atoms with Gasteiger partial charge >= 0.3 is 0 Å². The van der Waals surface area contributed by atoms with E-state index in [4.69, 9.17) is 32.1 Å². The molecule has 1 atom stereocenters. The topological polar surface area (TPSA) is 110 Å². The third-order valence-corrected chi connectivity index (χ3v) is 7.40. The molecule has 1 unspecified atom stereocenters.